The summed E-state index contributed by atoms with van der Waals surface area (Å²) in [4.78, 5) is 0. The number of nitrogens with zero attached hydrogens (tertiary/aromatic N) is 1. The fraction of sp³-hybridized carbons (Fsp3) is 1.00. The molecular formula is C12H28N2O3SSi. The zero-order chi connectivity index (χ0) is 14.9. The Morgan fingerprint density at radius 1 is 1.37 bits per heavy atom. The van der Waals surface area contributed by atoms with Gasteiger partial charge in [-0.1, -0.05) is 20.8 Å². The third kappa shape index (κ3) is 4.52. The zero-order valence-electron chi connectivity index (χ0n) is 13.0. The van der Waals surface area contributed by atoms with Crippen molar-refractivity contribution in [2.24, 2.45) is 0 Å². The van der Waals surface area contributed by atoms with Crippen LogP contribution in [0.3, 0.4) is 0 Å². The molecule has 0 radical (unpaired) electrons. The second-order valence-electron chi connectivity index (χ2n) is 6.83. The second kappa shape index (κ2) is 5.81. The summed E-state index contributed by atoms with van der Waals surface area (Å²) in [5, 5.41) is 0.194. The van der Waals surface area contributed by atoms with Gasteiger partial charge < -0.3 is 4.43 Å². The van der Waals surface area contributed by atoms with Crippen LogP contribution in [0.5, 0.6) is 0 Å². The van der Waals surface area contributed by atoms with Crippen molar-refractivity contribution in [2.75, 3.05) is 20.2 Å². The molecule has 19 heavy (non-hydrogen) atoms. The predicted octanol–water partition coefficient (Wildman–Crippen LogP) is 1.94. The third-order valence-corrected chi connectivity index (χ3v) is 10.4. The highest BCUT2D eigenvalue weighted by atomic mass is 32.2. The lowest BCUT2D eigenvalue weighted by molar-refractivity contribution is 0.255. The summed E-state index contributed by atoms with van der Waals surface area (Å²) < 4.78 is 33.5. The molecule has 7 heteroatoms. The first-order chi connectivity index (χ1) is 8.46. The number of hydrogen-bond donors (Lipinski definition) is 1. The van der Waals surface area contributed by atoms with Crippen LogP contribution in [0.1, 0.15) is 33.6 Å². The highest BCUT2D eigenvalue weighted by Crippen LogP contribution is 2.36. The maximum Gasteiger partial charge on any atom is 0.279 e. The van der Waals surface area contributed by atoms with Crippen molar-refractivity contribution in [2.45, 2.75) is 57.8 Å². The van der Waals surface area contributed by atoms with E-state index in [1.54, 1.807) is 7.05 Å². The largest absolute Gasteiger partial charge is 0.417 e. The molecule has 0 aromatic heterocycles. The van der Waals surface area contributed by atoms with Gasteiger partial charge >= 0.3 is 0 Å². The number of rotatable bonds is 4. The summed E-state index contributed by atoms with van der Waals surface area (Å²) in [6.07, 6.45) is 1.59. The molecule has 1 rings (SSSR count). The number of hydrogen-bond acceptors (Lipinski definition) is 3. The van der Waals surface area contributed by atoms with E-state index >= 15 is 0 Å². The smallest absolute Gasteiger partial charge is 0.279 e. The van der Waals surface area contributed by atoms with Gasteiger partial charge in [0.25, 0.3) is 10.2 Å². The van der Waals surface area contributed by atoms with Gasteiger partial charge in [-0.3, -0.25) is 0 Å². The van der Waals surface area contributed by atoms with Gasteiger partial charge in [-0.05, 0) is 31.0 Å². The first-order valence-electron chi connectivity index (χ1n) is 6.83. The molecular weight excluding hydrogens is 280 g/mol. The van der Waals surface area contributed by atoms with Gasteiger partial charge in [0.1, 0.15) is 0 Å². The SMILES string of the molecule is CN1CCC(CCO[Si](C)(C)C(C)(C)C)NS1(=O)=O. The van der Waals surface area contributed by atoms with Crippen molar-refractivity contribution in [3.8, 4) is 0 Å². The zero-order valence-corrected chi connectivity index (χ0v) is 14.8. The second-order valence-corrected chi connectivity index (χ2v) is 13.4. The summed E-state index contributed by atoms with van der Waals surface area (Å²) in [6.45, 7) is 12.3. The Labute approximate surface area is 119 Å². The van der Waals surface area contributed by atoms with Gasteiger partial charge in [0.2, 0.25) is 0 Å². The molecule has 0 aromatic carbocycles. The van der Waals surface area contributed by atoms with Gasteiger partial charge in [-0.15, -0.1) is 0 Å². The van der Waals surface area contributed by atoms with E-state index in [2.05, 4.69) is 38.6 Å². The maximum atomic E-state index is 11.7. The van der Waals surface area contributed by atoms with E-state index in [0.29, 0.717) is 13.2 Å². The summed E-state index contributed by atoms with van der Waals surface area (Å²) in [5.41, 5.74) is 0. The van der Waals surface area contributed by atoms with Crippen LogP contribution < -0.4 is 4.72 Å². The quantitative estimate of drug-likeness (QED) is 0.807. The first-order valence-corrected chi connectivity index (χ1v) is 11.2. The topological polar surface area (TPSA) is 58.6 Å². The van der Waals surface area contributed by atoms with Gasteiger partial charge in [-0.2, -0.15) is 17.4 Å². The summed E-state index contributed by atoms with van der Waals surface area (Å²) in [5.74, 6) is 0. The van der Waals surface area contributed by atoms with Crippen molar-refractivity contribution >= 4 is 18.5 Å². The molecule has 1 heterocycles. The Morgan fingerprint density at radius 2 is 1.95 bits per heavy atom. The first kappa shape index (κ1) is 17.1. The van der Waals surface area contributed by atoms with E-state index in [4.69, 9.17) is 4.43 Å². The molecule has 114 valence electrons. The molecule has 5 nitrogen and oxygen atoms in total. The normalized spacial score (nSPS) is 25.5. The van der Waals surface area contributed by atoms with Crippen molar-refractivity contribution in [1.82, 2.24) is 9.03 Å². The molecule has 0 saturated carbocycles. The highest BCUT2D eigenvalue weighted by molar-refractivity contribution is 7.87. The van der Waals surface area contributed by atoms with Gasteiger partial charge in [-0.25, -0.2) is 0 Å². The fourth-order valence-corrected chi connectivity index (χ4v) is 3.94. The van der Waals surface area contributed by atoms with Crippen LogP contribution in [-0.2, 0) is 14.6 Å². The van der Waals surface area contributed by atoms with E-state index in [1.807, 2.05) is 0 Å². The highest BCUT2D eigenvalue weighted by Gasteiger charge is 2.37. The van der Waals surface area contributed by atoms with Crippen LogP contribution in [0.15, 0.2) is 0 Å². The third-order valence-electron chi connectivity index (χ3n) is 4.25. The van der Waals surface area contributed by atoms with Crippen LogP contribution in [0, 0.1) is 0 Å². The lowest BCUT2D eigenvalue weighted by atomic mass is 10.1. The molecule has 0 bridgehead atoms. The van der Waals surface area contributed by atoms with Crippen LogP contribution in [-0.4, -0.2) is 47.3 Å². The van der Waals surface area contributed by atoms with Crippen LogP contribution >= 0.6 is 0 Å². The molecule has 1 fully saturated rings. The average molecular weight is 309 g/mol. The van der Waals surface area contributed by atoms with Crippen LogP contribution in [0.2, 0.25) is 18.1 Å². The Bertz CT molecular complexity index is 404. The molecule has 0 aromatic rings. The molecule has 1 saturated heterocycles. The summed E-state index contributed by atoms with van der Waals surface area (Å²) in [7, 11) is -3.39. The van der Waals surface area contributed by atoms with E-state index in [9.17, 15) is 8.42 Å². The average Bonchev–Trinajstić information content (AvgIpc) is 2.21. The minimum Gasteiger partial charge on any atom is -0.417 e. The molecule has 0 spiro atoms. The minimum absolute atomic E-state index is 0.00553. The Balaban J connectivity index is 2.43. The molecule has 1 unspecified atom stereocenters. The lowest BCUT2D eigenvalue weighted by Crippen LogP contribution is -2.51. The Kier molecular flexibility index (Phi) is 5.23. The molecule has 1 N–H and O–H groups in total. The van der Waals surface area contributed by atoms with Crippen molar-refractivity contribution in [3.63, 3.8) is 0 Å². The summed E-state index contributed by atoms with van der Waals surface area (Å²) >= 11 is 0. The minimum atomic E-state index is -3.27. The molecule has 0 amide bonds. The van der Waals surface area contributed by atoms with E-state index in [0.717, 1.165) is 12.8 Å². The van der Waals surface area contributed by atoms with Crippen molar-refractivity contribution < 1.29 is 12.8 Å². The van der Waals surface area contributed by atoms with Gasteiger partial charge in [0.05, 0.1) is 0 Å². The van der Waals surface area contributed by atoms with E-state index in [-0.39, 0.29) is 11.1 Å². The lowest BCUT2D eigenvalue weighted by Gasteiger charge is -2.37. The summed E-state index contributed by atoms with van der Waals surface area (Å²) in [6, 6.07) is 0.00553. The monoisotopic (exact) mass is 308 g/mol. The molecule has 0 aliphatic carbocycles. The van der Waals surface area contributed by atoms with E-state index < -0.39 is 18.5 Å². The molecule has 1 atom stereocenters. The van der Waals surface area contributed by atoms with Crippen molar-refractivity contribution in [1.29, 1.82) is 0 Å². The fourth-order valence-electron chi connectivity index (χ4n) is 1.69. The number of nitrogens with one attached hydrogen (secondary N) is 1. The van der Waals surface area contributed by atoms with Crippen LogP contribution in [0.4, 0.5) is 0 Å². The Hall–Kier alpha value is 0.0469. The van der Waals surface area contributed by atoms with Gasteiger partial charge in [0, 0.05) is 26.2 Å². The predicted molar refractivity (Wildman–Crippen MR) is 80.9 cm³/mol. The molecule has 1 aliphatic rings. The standard InChI is InChI=1S/C12H28N2O3SSi/c1-12(2,3)19(5,6)17-10-8-11-7-9-14(4)18(15,16)13-11/h11,13H,7-10H2,1-6H3. The van der Waals surface area contributed by atoms with Crippen LogP contribution in [0.25, 0.3) is 0 Å². The van der Waals surface area contributed by atoms with Gasteiger partial charge in [0.15, 0.2) is 8.32 Å². The molecule has 1 aliphatic heterocycles. The maximum absolute atomic E-state index is 11.7. The Morgan fingerprint density at radius 3 is 2.42 bits per heavy atom. The van der Waals surface area contributed by atoms with E-state index in [1.165, 1.54) is 4.31 Å². The van der Waals surface area contributed by atoms with Crippen molar-refractivity contribution in [3.05, 3.63) is 0 Å².